The van der Waals surface area contributed by atoms with Crippen LogP contribution in [0.3, 0.4) is 0 Å². The van der Waals surface area contributed by atoms with Gasteiger partial charge in [0, 0.05) is 17.6 Å². The fraction of sp³-hybridized carbons (Fsp3) is 0.350. The van der Waals surface area contributed by atoms with Crippen molar-refractivity contribution in [3.8, 4) is 5.75 Å². The molecule has 1 N–H and O–H groups in total. The first-order valence-electron chi connectivity index (χ1n) is 9.12. The van der Waals surface area contributed by atoms with Gasteiger partial charge in [0.1, 0.15) is 5.75 Å². The molecule has 2 heterocycles. The van der Waals surface area contributed by atoms with Crippen LogP contribution in [-0.2, 0) is 4.79 Å². The monoisotopic (exact) mass is 420 g/mol. The number of fused-ring (bicyclic) bond motifs is 1. The molecule has 148 valence electrons. The number of amides is 1. The summed E-state index contributed by atoms with van der Waals surface area (Å²) in [6.07, 6.45) is 2.80. The molecule has 3 aromatic rings. The highest BCUT2D eigenvalue weighted by Gasteiger charge is 2.23. The van der Waals surface area contributed by atoms with E-state index in [0.29, 0.717) is 35.2 Å². The number of hydrogen-bond donors (Lipinski definition) is 1. The van der Waals surface area contributed by atoms with Crippen molar-refractivity contribution in [3.05, 3.63) is 58.5 Å². The van der Waals surface area contributed by atoms with E-state index in [1.54, 1.807) is 18.2 Å². The average molecular weight is 421 g/mol. The van der Waals surface area contributed by atoms with E-state index in [0.717, 1.165) is 11.5 Å². The van der Waals surface area contributed by atoms with Crippen LogP contribution in [0.4, 0.5) is 0 Å². The number of pyridine rings is 1. The molecule has 1 aromatic carbocycles. The molecule has 3 rings (SSSR count). The predicted octanol–water partition coefficient (Wildman–Crippen LogP) is 4.71. The third-order valence-corrected chi connectivity index (χ3v) is 4.83. The zero-order chi connectivity index (χ0) is 20.1. The van der Waals surface area contributed by atoms with Gasteiger partial charge in [0.2, 0.25) is 5.91 Å². The molecule has 0 aliphatic carbocycles. The van der Waals surface area contributed by atoms with Crippen molar-refractivity contribution in [2.75, 3.05) is 6.61 Å². The zero-order valence-electron chi connectivity index (χ0n) is 15.7. The van der Waals surface area contributed by atoms with E-state index < -0.39 is 0 Å². The Morgan fingerprint density at radius 3 is 2.79 bits per heavy atom. The minimum Gasteiger partial charge on any atom is -0.492 e. The molecule has 28 heavy (non-hydrogen) atoms. The molecule has 0 saturated carbocycles. The van der Waals surface area contributed by atoms with Crippen LogP contribution < -0.4 is 10.1 Å². The molecular weight excluding hydrogens is 399 g/mol. The number of nitrogens with one attached hydrogen (secondary N) is 1. The molecule has 0 fully saturated rings. The Hall–Kier alpha value is -2.31. The molecular formula is C20H22Cl2N4O2. The summed E-state index contributed by atoms with van der Waals surface area (Å²) < 4.78 is 7.53. The molecule has 1 amide bonds. The second-order valence-corrected chi connectivity index (χ2v) is 7.65. The van der Waals surface area contributed by atoms with Gasteiger partial charge in [0.25, 0.3) is 0 Å². The lowest BCUT2D eigenvalue weighted by Gasteiger charge is -2.21. The van der Waals surface area contributed by atoms with Crippen LogP contribution in [0.25, 0.3) is 5.65 Å². The number of halogens is 2. The van der Waals surface area contributed by atoms with Crippen LogP contribution in [0.1, 0.15) is 38.6 Å². The van der Waals surface area contributed by atoms with E-state index in [1.807, 2.05) is 42.6 Å². The Labute approximate surface area is 173 Å². The quantitative estimate of drug-likeness (QED) is 0.535. The highest BCUT2D eigenvalue weighted by molar-refractivity contribution is 6.35. The smallest absolute Gasteiger partial charge is 0.220 e. The number of hydrogen-bond acceptors (Lipinski definition) is 4. The first kappa shape index (κ1) is 20.4. The summed E-state index contributed by atoms with van der Waals surface area (Å²) >= 11 is 11.9. The van der Waals surface area contributed by atoms with E-state index in [1.165, 1.54) is 0 Å². The molecule has 0 spiro atoms. The Balaban J connectivity index is 1.55. The molecule has 0 unspecified atom stereocenters. The highest BCUT2D eigenvalue weighted by atomic mass is 35.5. The third kappa shape index (κ3) is 4.94. The van der Waals surface area contributed by atoms with Crippen molar-refractivity contribution in [1.82, 2.24) is 19.9 Å². The summed E-state index contributed by atoms with van der Waals surface area (Å²) in [5.74, 6) is 1.39. The summed E-state index contributed by atoms with van der Waals surface area (Å²) in [4.78, 5) is 12.4. The maximum Gasteiger partial charge on any atom is 0.220 e. The normalized spacial score (nSPS) is 12.3. The van der Waals surface area contributed by atoms with Gasteiger partial charge in [-0.1, -0.05) is 43.1 Å². The lowest BCUT2D eigenvalue weighted by molar-refractivity contribution is -0.122. The average Bonchev–Trinajstić information content (AvgIpc) is 3.08. The van der Waals surface area contributed by atoms with Gasteiger partial charge < -0.3 is 10.1 Å². The van der Waals surface area contributed by atoms with Crippen LogP contribution >= 0.6 is 23.2 Å². The van der Waals surface area contributed by atoms with E-state index >= 15 is 0 Å². The molecule has 6 nitrogen and oxygen atoms in total. The first-order valence-corrected chi connectivity index (χ1v) is 9.88. The molecule has 0 radical (unpaired) electrons. The Bertz CT molecular complexity index is 958. The SMILES string of the molecule is CC(C)[C@H](NC(=O)CCCOc1ccc(Cl)cc1Cl)c1nnc2ccccn12. The van der Waals surface area contributed by atoms with Crippen LogP contribution in [0, 0.1) is 5.92 Å². The lowest BCUT2D eigenvalue weighted by atomic mass is 10.0. The molecule has 0 aliphatic heterocycles. The Kier molecular flexibility index (Phi) is 6.75. The fourth-order valence-corrected chi connectivity index (χ4v) is 3.32. The van der Waals surface area contributed by atoms with Gasteiger partial charge in [-0.3, -0.25) is 9.20 Å². The molecule has 2 aromatic heterocycles. The van der Waals surface area contributed by atoms with Gasteiger partial charge in [0.05, 0.1) is 17.7 Å². The van der Waals surface area contributed by atoms with Crippen LogP contribution in [0.15, 0.2) is 42.6 Å². The van der Waals surface area contributed by atoms with E-state index in [-0.39, 0.29) is 17.9 Å². The van der Waals surface area contributed by atoms with Crippen molar-refractivity contribution >= 4 is 34.8 Å². The Morgan fingerprint density at radius 2 is 2.04 bits per heavy atom. The highest BCUT2D eigenvalue weighted by Crippen LogP contribution is 2.27. The van der Waals surface area contributed by atoms with Crippen LogP contribution in [-0.4, -0.2) is 27.1 Å². The third-order valence-electron chi connectivity index (χ3n) is 4.30. The van der Waals surface area contributed by atoms with Crippen molar-refractivity contribution < 1.29 is 9.53 Å². The van der Waals surface area contributed by atoms with E-state index in [4.69, 9.17) is 27.9 Å². The van der Waals surface area contributed by atoms with Gasteiger partial charge in [-0.05, 0) is 42.7 Å². The number of carbonyl (C=O) groups is 1. The standard InChI is InChI=1S/C20H22Cl2N4O2/c1-13(2)19(20-25-24-17-6-3-4-10-26(17)20)23-18(27)7-5-11-28-16-9-8-14(21)12-15(16)22/h3-4,6,8-10,12-13,19H,5,7,11H2,1-2H3,(H,23,27)/t19-/m0/s1. The molecule has 0 bridgehead atoms. The van der Waals surface area contributed by atoms with Gasteiger partial charge in [-0.15, -0.1) is 10.2 Å². The number of nitrogens with zero attached hydrogens (tertiary/aromatic N) is 3. The number of rotatable bonds is 8. The van der Waals surface area contributed by atoms with Gasteiger partial charge in [-0.2, -0.15) is 0 Å². The lowest BCUT2D eigenvalue weighted by Crippen LogP contribution is -2.33. The van der Waals surface area contributed by atoms with Crippen molar-refractivity contribution in [1.29, 1.82) is 0 Å². The fourth-order valence-electron chi connectivity index (χ4n) is 2.85. The van der Waals surface area contributed by atoms with Crippen molar-refractivity contribution in [3.63, 3.8) is 0 Å². The first-order chi connectivity index (χ1) is 13.5. The van der Waals surface area contributed by atoms with E-state index in [9.17, 15) is 4.79 Å². The number of benzene rings is 1. The second-order valence-electron chi connectivity index (χ2n) is 6.80. The molecule has 8 heteroatoms. The summed E-state index contributed by atoms with van der Waals surface area (Å²) in [5, 5.41) is 12.5. The summed E-state index contributed by atoms with van der Waals surface area (Å²) in [6.45, 7) is 4.47. The Morgan fingerprint density at radius 1 is 1.21 bits per heavy atom. The largest absolute Gasteiger partial charge is 0.492 e. The van der Waals surface area contributed by atoms with E-state index in [2.05, 4.69) is 15.5 Å². The number of ether oxygens (including phenoxy) is 1. The molecule has 0 saturated heterocycles. The van der Waals surface area contributed by atoms with Gasteiger partial charge in [-0.25, -0.2) is 0 Å². The van der Waals surface area contributed by atoms with Crippen LogP contribution in [0.5, 0.6) is 5.75 Å². The maximum atomic E-state index is 12.4. The predicted molar refractivity (Wildman–Crippen MR) is 110 cm³/mol. The van der Waals surface area contributed by atoms with Gasteiger partial charge >= 0.3 is 0 Å². The van der Waals surface area contributed by atoms with Crippen LogP contribution in [0.2, 0.25) is 10.0 Å². The zero-order valence-corrected chi connectivity index (χ0v) is 17.2. The number of carbonyl (C=O) groups excluding carboxylic acids is 1. The summed E-state index contributed by atoms with van der Waals surface area (Å²) in [7, 11) is 0. The van der Waals surface area contributed by atoms with Crippen molar-refractivity contribution in [2.45, 2.75) is 32.7 Å². The maximum absolute atomic E-state index is 12.4. The summed E-state index contributed by atoms with van der Waals surface area (Å²) in [6, 6.07) is 10.5. The summed E-state index contributed by atoms with van der Waals surface area (Å²) in [5.41, 5.74) is 0.755. The molecule has 1 atom stereocenters. The minimum atomic E-state index is -0.225. The molecule has 0 aliphatic rings. The second kappa shape index (κ2) is 9.26. The minimum absolute atomic E-state index is 0.0582. The number of aromatic nitrogens is 3. The van der Waals surface area contributed by atoms with Crippen molar-refractivity contribution in [2.24, 2.45) is 5.92 Å². The topological polar surface area (TPSA) is 68.5 Å². The van der Waals surface area contributed by atoms with Gasteiger partial charge in [0.15, 0.2) is 11.5 Å².